The normalized spacial score (nSPS) is 14.5. The summed E-state index contributed by atoms with van der Waals surface area (Å²) in [7, 11) is 2.15. The quantitative estimate of drug-likeness (QED) is 0.563. The molecule has 84 valence electrons. The van der Waals surface area contributed by atoms with Gasteiger partial charge in [0.15, 0.2) is 0 Å². The molecule has 0 fully saturated rings. The van der Waals surface area contributed by atoms with Crippen molar-refractivity contribution in [3.05, 3.63) is 24.3 Å². The van der Waals surface area contributed by atoms with Gasteiger partial charge in [0.1, 0.15) is 0 Å². The highest BCUT2D eigenvalue weighted by atomic mass is 15.2. The number of hydrogen-bond acceptors (Lipinski definition) is 2. The molecule has 0 atom stereocenters. The highest BCUT2D eigenvalue weighted by Crippen LogP contribution is 2.31. The molecular formula is C14H18N2. The average Bonchev–Trinajstić information content (AvgIpc) is 2.33. The third kappa shape index (κ3) is 2.14. The highest BCUT2D eigenvalue weighted by Gasteiger charge is 2.18. The van der Waals surface area contributed by atoms with Gasteiger partial charge >= 0.3 is 0 Å². The number of benzene rings is 1. The van der Waals surface area contributed by atoms with E-state index in [4.69, 9.17) is 6.42 Å². The monoisotopic (exact) mass is 214 g/mol. The van der Waals surface area contributed by atoms with E-state index in [1.54, 1.807) is 0 Å². The lowest BCUT2D eigenvalue weighted by Crippen LogP contribution is -2.39. The zero-order chi connectivity index (χ0) is 11.4. The number of unbranched alkanes of at least 4 members (excludes halogenated alkanes) is 1. The van der Waals surface area contributed by atoms with Gasteiger partial charge in [0.05, 0.1) is 11.4 Å². The molecule has 16 heavy (non-hydrogen) atoms. The van der Waals surface area contributed by atoms with Gasteiger partial charge in [0.2, 0.25) is 0 Å². The van der Waals surface area contributed by atoms with Crippen molar-refractivity contribution in [2.24, 2.45) is 0 Å². The Kier molecular flexibility index (Phi) is 3.36. The topological polar surface area (TPSA) is 6.48 Å². The molecule has 0 spiro atoms. The number of anilines is 2. The van der Waals surface area contributed by atoms with Crippen molar-refractivity contribution in [2.75, 3.05) is 36.5 Å². The number of fused-ring (bicyclic) bond motifs is 1. The lowest BCUT2D eigenvalue weighted by atomic mass is 10.1. The minimum absolute atomic E-state index is 0.870. The van der Waals surface area contributed by atoms with Crippen molar-refractivity contribution >= 4 is 11.4 Å². The first kappa shape index (κ1) is 10.9. The van der Waals surface area contributed by atoms with Crippen LogP contribution in [0.15, 0.2) is 24.3 Å². The van der Waals surface area contributed by atoms with Crippen molar-refractivity contribution in [1.29, 1.82) is 0 Å². The van der Waals surface area contributed by atoms with Crippen LogP contribution in [0.2, 0.25) is 0 Å². The molecule has 0 aromatic heterocycles. The second kappa shape index (κ2) is 4.94. The molecule has 1 aromatic rings. The summed E-state index contributed by atoms with van der Waals surface area (Å²) in [5.41, 5.74) is 2.67. The van der Waals surface area contributed by atoms with Gasteiger partial charge in [-0.1, -0.05) is 12.1 Å². The predicted octanol–water partition coefficient (Wildman–Crippen LogP) is 2.36. The molecule has 1 aromatic carbocycles. The molecular weight excluding hydrogens is 196 g/mol. The summed E-state index contributed by atoms with van der Waals surface area (Å²) >= 11 is 0. The molecule has 0 N–H and O–H groups in total. The van der Waals surface area contributed by atoms with Crippen LogP contribution in [-0.4, -0.2) is 26.7 Å². The van der Waals surface area contributed by atoms with Crippen LogP contribution < -0.4 is 9.80 Å². The minimum atomic E-state index is 0.870. The summed E-state index contributed by atoms with van der Waals surface area (Å²) in [5.74, 6) is 2.70. The third-order valence-corrected chi connectivity index (χ3v) is 3.09. The van der Waals surface area contributed by atoms with Crippen LogP contribution in [0.4, 0.5) is 11.4 Å². The Morgan fingerprint density at radius 3 is 2.75 bits per heavy atom. The zero-order valence-electron chi connectivity index (χ0n) is 9.82. The van der Waals surface area contributed by atoms with Gasteiger partial charge < -0.3 is 9.80 Å². The van der Waals surface area contributed by atoms with Crippen molar-refractivity contribution in [1.82, 2.24) is 0 Å². The fourth-order valence-corrected chi connectivity index (χ4v) is 2.17. The summed E-state index contributed by atoms with van der Waals surface area (Å²) in [6, 6.07) is 8.58. The van der Waals surface area contributed by atoms with E-state index in [1.807, 2.05) is 0 Å². The Bertz CT molecular complexity index is 392. The van der Waals surface area contributed by atoms with Crippen LogP contribution >= 0.6 is 0 Å². The number of nitrogens with zero attached hydrogens (tertiary/aromatic N) is 2. The van der Waals surface area contributed by atoms with E-state index in [0.29, 0.717) is 0 Å². The molecule has 0 saturated carbocycles. The first-order valence-corrected chi connectivity index (χ1v) is 5.81. The van der Waals surface area contributed by atoms with Gasteiger partial charge in [-0.2, -0.15) is 0 Å². The fourth-order valence-electron chi connectivity index (χ4n) is 2.17. The molecule has 1 aliphatic heterocycles. The van der Waals surface area contributed by atoms with Crippen molar-refractivity contribution in [3.63, 3.8) is 0 Å². The largest absolute Gasteiger partial charge is 0.371 e. The van der Waals surface area contributed by atoms with Crippen LogP contribution in [0.5, 0.6) is 0 Å². The molecule has 0 radical (unpaired) electrons. The maximum absolute atomic E-state index is 5.28. The molecule has 0 saturated heterocycles. The zero-order valence-corrected chi connectivity index (χ0v) is 9.82. The number of para-hydroxylation sites is 2. The van der Waals surface area contributed by atoms with Crippen LogP contribution in [0.3, 0.4) is 0 Å². The van der Waals surface area contributed by atoms with Gasteiger partial charge in [0.25, 0.3) is 0 Å². The second-order valence-electron chi connectivity index (χ2n) is 4.20. The average molecular weight is 214 g/mol. The first-order valence-electron chi connectivity index (χ1n) is 5.81. The van der Waals surface area contributed by atoms with E-state index in [9.17, 15) is 0 Å². The van der Waals surface area contributed by atoms with Gasteiger partial charge in [-0.3, -0.25) is 0 Å². The Morgan fingerprint density at radius 2 is 2.00 bits per heavy atom. The first-order chi connectivity index (χ1) is 7.83. The Labute approximate surface area is 97.9 Å². The number of likely N-dealkylation sites (N-methyl/N-ethyl adjacent to an activating group) is 1. The van der Waals surface area contributed by atoms with Gasteiger partial charge in [0, 0.05) is 33.1 Å². The number of rotatable bonds is 3. The number of terminal acetylenes is 1. The molecule has 1 heterocycles. The van der Waals surface area contributed by atoms with E-state index in [-0.39, 0.29) is 0 Å². The third-order valence-electron chi connectivity index (χ3n) is 3.09. The van der Waals surface area contributed by atoms with Crippen LogP contribution in [0.1, 0.15) is 12.8 Å². The summed E-state index contributed by atoms with van der Waals surface area (Å²) in [5, 5.41) is 0. The Morgan fingerprint density at radius 1 is 1.25 bits per heavy atom. The molecule has 2 rings (SSSR count). The van der Waals surface area contributed by atoms with E-state index < -0.39 is 0 Å². The molecule has 0 unspecified atom stereocenters. The van der Waals surface area contributed by atoms with E-state index in [2.05, 4.69) is 47.0 Å². The van der Waals surface area contributed by atoms with Gasteiger partial charge in [-0.05, 0) is 18.6 Å². The summed E-state index contributed by atoms with van der Waals surface area (Å²) < 4.78 is 0. The molecule has 0 amide bonds. The smallest absolute Gasteiger partial charge is 0.0604 e. The summed E-state index contributed by atoms with van der Waals surface area (Å²) in [6.07, 6.45) is 7.23. The number of hydrogen-bond donors (Lipinski definition) is 0. The Balaban J connectivity index is 2.12. The fraction of sp³-hybridized carbons (Fsp3) is 0.429. The lowest BCUT2D eigenvalue weighted by molar-refractivity contribution is 0.705. The van der Waals surface area contributed by atoms with Gasteiger partial charge in [-0.15, -0.1) is 12.3 Å². The Hall–Kier alpha value is -1.62. The van der Waals surface area contributed by atoms with Crippen LogP contribution in [0.25, 0.3) is 0 Å². The molecule has 2 nitrogen and oxygen atoms in total. The predicted molar refractivity (Wildman–Crippen MR) is 70.0 cm³/mol. The van der Waals surface area contributed by atoms with Crippen LogP contribution in [-0.2, 0) is 0 Å². The summed E-state index contributed by atoms with van der Waals surface area (Å²) in [4.78, 5) is 4.75. The lowest BCUT2D eigenvalue weighted by Gasteiger charge is -2.37. The maximum atomic E-state index is 5.28. The van der Waals surface area contributed by atoms with E-state index >= 15 is 0 Å². The molecule has 1 aliphatic rings. The SMILES string of the molecule is C#CCCCN1CCN(C)c2ccccc21. The van der Waals surface area contributed by atoms with Crippen molar-refractivity contribution in [3.8, 4) is 12.3 Å². The van der Waals surface area contributed by atoms with Crippen molar-refractivity contribution in [2.45, 2.75) is 12.8 Å². The minimum Gasteiger partial charge on any atom is -0.371 e. The summed E-state index contributed by atoms with van der Waals surface area (Å²) in [6.45, 7) is 3.25. The van der Waals surface area contributed by atoms with Gasteiger partial charge in [-0.25, -0.2) is 0 Å². The molecule has 0 bridgehead atoms. The van der Waals surface area contributed by atoms with E-state index in [0.717, 1.165) is 32.5 Å². The highest BCUT2D eigenvalue weighted by molar-refractivity contribution is 5.72. The maximum Gasteiger partial charge on any atom is 0.0604 e. The molecule has 2 heteroatoms. The second-order valence-corrected chi connectivity index (χ2v) is 4.20. The van der Waals surface area contributed by atoms with E-state index in [1.165, 1.54) is 11.4 Å². The van der Waals surface area contributed by atoms with Crippen molar-refractivity contribution < 1.29 is 0 Å². The standard InChI is InChI=1S/C14H18N2/c1-3-4-7-10-16-12-11-15(2)13-8-5-6-9-14(13)16/h1,5-6,8-9H,4,7,10-12H2,2H3. The molecule has 0 aliphatic carbocycles. The van der Waals surface area contributed by atoms with Crippen LogP contribution in [0, 0.1) is 12.3 Å².